The molecule has 0 spiro atoms. The van der Waals surface area contributed by atoms with Crippen LogP contribution in [0, 0.1) is 21.4 Å². The van der Waals surface area contributed by atoms with Crippen molar-refractivity contribution in [2.75, 3.05) is 10.6 Å². The van der Waals surface area contributed by atoms with Crippen LogP contribution < -0.4 is 10.6 Å². The second-order valence-electron chi connectivity index (χ2n) is 5.97. The van der Waals surface area contributed by atoms with Crippen LogP contribution in [0.25, 0.3) is 0 Å². The molecule has 138 valence electrons. The number of nitro benzene ring substituents is 1. The Hall–Kier alpha value is -3.37. The lowest BCUT2D eigenvalue weighted by molar-refractivity contribution is -0.384. The first-order valence-electron chi connectivity index (χ1n) is 8.04. The molecule has 2 aromatic carbocycles. The molecule has 0 radical (unpaired) electrons. The number of carbonyl (C=O) groups excluding carboxylic acids is 1. The summed E-state index contributed by atoms with van der Waals surface area (Å²) in [6.45, 7) is 4.17. The smallest absolute Gasteiger partial charge is 0.271 e. The molecule has 1 amide bonds. The van der Waals surface area contributed by atoms with Gasteiger partial charge in [0.1, 0.15) is 11.6 Å². The Morgan fingerprint density at radius 3 is 2.48 bits per heavy atom. The molecular formula is C19H17ClN4O3. The van der Waals surface area contributed by atoms with Gasteiger partial charge in [-0.15, -0.1) is 0 Å². The van der Waals surface area contributed by atoms with Gasteiger partial charge in [-0.25, -0.2) is 0 Å². The number of hydrogen-bond donors (Lipinski definition) is 2. The normalized spacial score (nSPS) is 11.0. The molecule has 0 bridgehead atoms. The van der Waals surface area contributed by atoms with Gasteiger partial charge in [0.25, 0.3) is 11.6 Å². The maximum absolute atomic E-state index is 12.3. The second kappa shape index (κ2) is 8.83. The summed E-state index contributed by atoms with van der Waals surface area (Å²) in [6, 6.07) is 13.0. The van der Waals surface area contributed by atoms with Crippen molar-refractivity contribution in [2.45, 2.75) is 19.8 Å². The van der Waals surface area contributed by atoms with Gasteiger partial charge >= 0.3 is 0 Å². The highest BCUT2D eigenvalue weighted by Crippen LogP contribution is 2.27. The number of rotatable bonds is 6. The lowest BCUT2D eigenvalue weighted by Crippen LogP contribution is -2.15. The SMILES string of the molecule is CC(C)c1ccc(N/C=C(/C#N)C(=O)Nc2cc([N+](=O)[O-])ccc2Cl)cc1. The Morgan fingerprint density at radius 1 is 1.26 bits per heavy atom. The molecule has 0 heterocycles. The average Bonchev–Trinajstić information content (AvgIpc) is 2.64. The highest BCUT2D eigenvalue weighted by molar-refractivity contribution is 6.34. The van der Waals surface area contributed by atoms with Gasteiger partial charge in [0.2, 0.25) is 0 Å². The lowest BCUT2D eigenvalue weighted by atomic mass is 10.0. The lowest BCUT2D eigenvalue weighted by Gasteiger charge is -2.08. The number of halogens is 1. The van der Waals surface area contributed by atoms with Gasteiger partial charge in [-0.05, 0) is 29.7 Å². The molecule has 2 rings (SSSR count). The highest BCUT2D eigenvalue weighted by Gasteiger charge is 2.15. The highest BCUT2D eigenvalue weighted by atomic mass is 35.5. The third-order valence-corrected chi connectivity index (χ3v) is 4.06. The number of nitro groups is 1. The van der Waals surface area contributed by atoms with Crippen LogP contribution in [0.1, 0.15) is 25.3 Å². The standard InChI is InChI=1S/C19H17ClN4O3/c1-12(2)13-3-5-15(6-4-13)22-11-14(10-21)19(25)23-18-9-16(24(26)27)7-8-17(18)20/h3-9,11-12,22H,1-2H3,(H,23,25)/b14-11-. The number of nitrogens with zero attached hydrogens (tertiary/aromatic N) is 2. The van der Waals surface area contributed by atoms with E-state index in [1.165, 1.54) is 23.9 Å². The molecule has 0 saturated heterocycles. The van der Waals surface area contributed by atoms with Gasteiger partial charge in [0.05, 0.1) is 15.6 Å². The Balaban J connectivity index is 2.14. The number of carbonyl (C=O) groups is 1. The zero-order valence-electron chi connectivity index (χ0n) is 14.7. The van der Waals surface area contributed by atoms with E-state index in [1.54, 1.807) is 6.07 Å². The monoisotopic (exact) mass is 384 g/mol. The first-order chi connectivity index (χ1) is 12.8. The molecule has 7 nitrogen and oxygen atoms in total. The third kappa shape index (κ3) is 5.30. The van der Waals surface area contributed by atoms with E-state index in [-0.39, 0.29) is 22.0 Å². The molecule has 8 heteroatoms. The average molecular weight is 385 g/mol. The molecule has 0 aliphatic carbocycles. The Labute approximate surface area is 161 Å². The quantitative estimate of drug-likeness (QED) is 0.321. The molecule has 0 aliphatic heterocycles. The van der Waals surface area contributed by atoms with Crippen LogP contribution in [0.4, 0.5) is 17.1 Å². The summed E-state index contributed by atoms with van der Waals surface area (Å²) in [6.07, 6.45) is 1.27. The summed E-state index contributed by atoms with van der Waals surface area (Å²) < 4.78 is 0. The zero-order valence-corrected chi connectivity index (χ0v) is 15.4. The number of hydrogen-bond acceptors (Lipinski definition) is 5. The molecule has 0 fully saturated rings. The van der Waals surface area contributed by atoms with Crippen LogP contribution >= 0.6 is 11.6 Å². The Bertz CT molecular complexity index is 931. The van der Waals surface area contributed by atoms with Crippen LogP contribution in [0.3, 0.4) is 0 Å². The second-order valence-corrected chi connectivity index (χ2v) is 6.37. The van der Waals surface area contributed by atoms with Crippen LogP contribution in [0.15, 0.2) is 54.2 Å². The molecule has 0 aliphatic rings. The number of amides is 1. The van der Waals surface area contributed by atoms with Crippen LogP contribution in [0.5, 0.6) is 0 Å². The summed E-state index contributed by atoms with van der Waals surface area (Å²) in [4.78, 5) is 22.5. The van der Waals surface area contributed by atoms with E-state index < -0.39 is 10.8 Å². The molecular weight excluding hydrogens is 368 g/mol. The van der Waals surface area contributed by atoms with E-state index >= 15 is 0 Å². The minimum Gasteiger partial charge on any atom is -0.360 e. The minimum absolute atomic E-state index is 0.0540. The number of anilines is 2. The van der Waals surface area contributed by atoms with E-state index in [2.05, 4.69) is 24.5 Å². The fourth-order valence-corrected chi connectivity index (χ4v) is 2.35. The largest absolute Gasteiger partial charge is 0.360 e. The van der Waals surface area contributed by atoms with Crippen molar-refractivity contribution in [3.8, 4) is 6.07 Å². The van der Waals surface area contributed by atoms with Gasteiger partial charge in [0, 0.05) is 24.0 Å². The molecule has 0 atom stereocenters. The molecule has 27 heavy (non-hydrogen) atoms. The number of benzene rings is 2. The van der Waals surface area contributed by atoms with E-state index in [0.29, 0.717) is 11.6 Å². The van der Waals surface area contributed by atoms with Gasteiger partial charge in [-0.2, -0.15) is 5.26 Å². The molecule has 0 aromatic heterocycles. The van der Waals surface area contributed by atoms with Crippen molar-refractivity contribution in [2.24, 2.45) is 0 Å². The van der Waals surface area contributed by atoms with Crippen molar-refractivity contribution in [1.29, 1.82) is 5.26 Å². The van der Waals surface area contributed by atoms with E-state index in [9.17, 15) is 20.2 Å². The third-order valence-electron chi connectivity index (χ3n) is 3.73. The number of nitrogens with one attached hydrogen (secondary N) is 2. The molecule has 0 unspecified atom stereocenters. The summed E-state index contributed by atoms with van der Waals surface area (Å²) in [5.74, 6) is -0.332. The Kier molecular flexibility index (Phi) is 6.52. The predicted molar refractivity (Wildman–Crippen MR) is 105 cm³/mol. The number of non-ortho nitro benzene ring substituents is 1. The first kappa shape index (κ1) is 19.9. The summed E-state index contributed by atoms with van der Waals surface area (Å²) in [5, 5.41) is 25.5. The van der Waals surface area contributed by atoms with Crippen molar-refractivity contribution in [1.82, 2.24) is 0 Å². The zero-order chi connectivity index (χ0) is 20.0. The van der Waals surface area contributed by atoms with Crippen molar-refractivity contribution in [3.63, 3.8) is 0 Å². The molecule has 2 aromatic rings. The van der Waals surface area contributed by atoms with Gasteiger partial charge in [0.15, 0.2) is 0 Å². The molecule has 2 N–H and O–H groups in total. The van der Waals surface area contributed by atoms with E-state index in [4.69, 9.17) is 11.6 Å². The van der Waals surface area contributed by atoms with Gasteiger partial charge in [-0.3, -0.25) is 14.9 Å². The molecule has 0 saturated carbocycles. The minimum atomic E-state index is -0.730. The van der Waals surface area contributed by atoms with E-state index in [1.807, 2.05) is 24.3 Å². The van der Waals surface area contributed by atoms with Crippen molar-refractivity contribution >= 4 is 34.6 Å². The van der Waals surface area contributed by atoms with Crippen LogP contribution in [-0.2, 0) is 4.79 Å². The Morgan fingerprint density at radius 2 is 1.93 bits per heavy atom. The van der Waals surface area contributed by atoms with Crippen LogP contribution in [-0.4, -0.2) is 10.8 Å². The fraction of sp³-hybridized carbons (Fsp3) is 0.158. The number of nitriles is 1. The van der Waals surface area contributed by atoms with Crippen LogP contribution in [0.2, 0.25) is 5.02 Å². The summed E-state index contributed by atoms with van der Waals surface area (Å²) >= 11 is 5.95. The maximum atomic E-state index is 12.3. The van der Waals surface area contributed by atoms with Crippen molar-refractivity contribution in [3.05, 3.63) is 74.9 Å². The van der Waals surface area contributed by atoms with Crippen molar-refractivity contribution < 1.29 is 9.72 Å². The van der Waals surface area contributed by atoms with Gasteiger partial charge < -0.3 is 10.6 Å². The predicted octanol–water partition coefficient (Wildman–Crippen LogP) is 4.83. The van der Waals surface area contributed by atoms with Gasteiger partial charge in [-0.1, -0.05) is 37.6 Å². The van der Waals surface area contributed by atoms with E-state index in [0.717, 1.165) is 6.07 Å². The maximum Gasteiger partial charge on any atom is 0.271 e. The first-order valence-corrected chi connectivity index (χ1v) is 8.41. The summed E-state index contributed by atoms with van der Waals surface area (Å²) in [7, 11) is 0. The fourth-order valence-electron chi connectivity index (χ4n) is 2.18. The topological polar surface area (TPSA) is 108 Å². The summed E-state index contributed by atoms with van der Waals surface area (Å²) in [5.41, 5.74) is 1.51.